The van der Waals surface area contributed by atoms with E-state index in [0.29, 0.717) is 17.0 Å². The van der Waals surface area contributed by atoms with Gasteiger partial charge in [-0.1, -0.05) is 6.07 Å². The minimum Gasteiger partial charge on any atom is -0.358 e. The van der Waals surface area contributed by atoms with Crippen LogP contribution >= 0.6 is 0 Å². The number of imidazole rings is 1. The molecule has 1 atom stereocenters. The molecule has 3 aromatic heterocycles. The van der Waals surface area contributed by atoms with Crippen molar-refractivity contribution < 1.29 is 13.2 Å². The number of nitrogens with zero attached hydrogens (tertiary/aromatic N) is 5. The number of H-pyrrole nitrogens is 1. The highest BCUT2D eigenvalue weighted by Crippen LogP contribution is 2.24. The van der Waals surface area contributed by atoms with Crippen LogP contribution in [-0.2, 0) is 0 Å². The van der Waals surface area contributed by atoms with Crippen LogP contribution in [0.2, 0.25) is 0 Å². The fourth-order valence-corrected chi connectivity index (χ4v) is 3.51. The number of aromatic nitrogens is 6. The van der Waals surface area contributed by atoms with E-state index in [1.54, 1.807) is 6.92 Å². The normalized spacial score (nSPS) is 12.4. The van der Waals surface area contributed by atoms with Crippen molar-refractivity contribution in [1.29, 1.82) is 0 Å². The second-order valence-electron chi connectivity index (χ2n) is 7.03. The number of rotatable bonds is 4. The van der Waals surface area contributed by atoms with E-state index < -0.39 is 29.1 Å². The van der Waals surface area contributed by atoms with Gasteiger partial charge in [-0.05, 0) is 31.2 Å². The van der Waals surface area contributed by atoms with Crippen molar-refractivity contribution >= 4 is 27.9 Å². The molecular formula is C21H14F3N7O. The molecule has 8 nitrogen and oxygen atoms in total. The Morgan fingerprint density at radius 2 is 1.88 bits per heavy atom. The van der Waals surface area contributed by atoms with Crippen molar-refractivity contribution in [1.82, 2.24) is 29.5 Å². The van der Waals surface area contributed by atoms with Crippen LogP contribution in [0.15, 0.2) is 53.8 Å². The van der Waals surface area contributed by atoms with Gasteiger partial charge in [0.1, 0.15) is 28.9 Å². The van der Waals surface area contributed by atoms with Crippen LogP contribution in [0.1, 0.15) is 18.8 Å². The molecule has 0 bridgehead atoms. The van der Waals surface area contributed by atoms with E-state index in [9.17, 15) is 18.0 Å². The third-order valence-corrected chi connectivity index (χ3v) is 4.99. The summed E-state index contributed by atoms with van der Waals surface area (Å²) in [7, 11) is 0. The van der Waals surface area contributed by atoms with E-state index in [-0.39, 0.29) is 22.4 Å². The Morgan fingerprint density at radius 1 is 1.03 bits per heavy atom. The standard InChI is InChI=1S/C21H14F3N7O/c1-10(29-19-17-18(26-8-25-17)27-9-28-19)20-30-15-4-2-3-13(23)16(15)21(32)31(20)11-5-6-12(22)14(24)7-11/h2-10H,1H3,(H2,25,26,27,28,29). The van der Waals surface area contributed by atoms with Crippen molar-refractivity contribution in [3.8, 4) is 5.69 Å². The molecule has 0 spiro atoms. The Morgan fingerprint density at radius 3 is 2.69 bits per heavy atom. The number of anilines is 1. The first-order chi connectivity index (χ1) is 15.4. The minimum absolute atomic E-state index is 0.00260. The van der Waals surface area contributed by atoms with E-state index in [0.717, 1.165) is 22.8 Å². The largest absolute Gasteiger partial charge is 0.358 e. The maximum atomic E-state index is 14.5. The molecule has 0 aliphatic heterocycles. The van der Waals surface area contributed by atoms with Gasteiger partial charge < -0.3 is 10.3 Å². The number of hydrogen-bond acceptors (Lipinski definition) is 6. The predicted molar refractivity (Wildman–Crippen MR) is 111 cm³/mol. The molecule has 0 aliphatic rings. The molecule has 2 N–H and O–H groups in total. The fourth-order valence-electron chi connectivity index (χ4n) is 3.51. The van der Waals surface area contributed by atoms with Crippen LogP contribution in [0.4, 0.5) is 19.0 Å². The number of fused-ring (bicyclic) bond motifs is 2. The van der Waals surface area contributed by atoms with E-state index >= 15 is 0 Å². The molecule has 160 valence electrons. The Balaban J connectivity index is 1.73. The number of hydrogen-bond donors (Lipinski definition) is 2. The molecule has 0 amide bonds. The average Bonchev–Trinajstić information content (AvgIpc) is 3.25. The highest BCUT2D eigenvalue weighted by atomic mass is 19.2. The van der Waals surface area contributed by atoms with Gasteiger partial charge in [0.2, 0.25) is 0 Å². The summed E-state index contributed by atoms with van der Waals surface area (Å²) in [5, 5.41) is 2.85. The van der Waals surface area contributed by atoms with Crippen LogP contribution < -0.4 is 10.9 Å². The molecule has 0 saturated carbocycles. The summed E-state index contributed by atoms with van der Waals surface area (Å²) >= 11 is 0. The smallest absolute Gasteiger partial charge is 0.269 e. The Labute approximate surface area is 177 Å². The highest BCUT2D eigenvalue weighted by Gasteiger charge is 2.22. The minimum atomic E-state index is -1.15. The first kappa shape index (κ1) is 19.7. The molecule has 32 heavy (non-hydrogen) atoms. The topological polar surface area (TPSA) is 101 Å². The summed E-state index contributed by atoms with van der Waals surface area (Å²) in [6, 6.07) is 6.38. The van der Waals surface area contributed by atoms with Crippen molar-refractivity contribution in [2.75, 3.05) is 5.32 Å². The SMILES string of the molecule is CC(Nc1ncnc2[nH]cnc12)c1nc2cccc(F)c2c(=O)n1-c1ccc(F)c(F)c1. The molecule has 1 unspecified atom stereocenters. The van der Waals surface area contributed by atoms with Crippen LogP contribution in [0.25, 0.3) is 27.8 Å². The summed E-state index contributed by atoms with van der Waals surface area (Å²) in [5.74, 6) is -2.48. The van der Waals surface area contributed by atoms with Gasteiger partial charge >= 0.3 is 0 Å². The zero-order chi connectivity index (χ0) is 22.4. The monoisotopic (exact) mass is 437 g/mol. The number of aromatic amines is 1. The van der Waals surface area contributed by atoms with Gasteiger partial charge in [-0.15, -0.1) is 0 Å². The van der Waals surface area contributed by atoms with Crippen molar-refractivity contribution in [3.63, 3.8) is 0 Å². The predicted octanol–water partition coefficient (Wildman–Crippen LogP) is 3.64. The molecule has 0 radical (unpaired) electrons. The van der Waals surface area contributed by atoms with Crippen molar-refractivity contribution in [2.45, 2.75) is 13.0 Å². The summed E-state index contributed by atoms with van der Waals surface area (Å²) in [5.41, 5.74) is 0.345. The van der Waals surface area contributed by atoms with Gasteiger partial charge in [0.05, 0.1) is 23.6 Å². The van der Waals surface area contributed by atoms with Gasteiger partial charge in [-0.2, -0.15) is 0 Å². The van der Waals surface area contributed by atoms with Crippen LogP contribution in [0.3, 0.4) is 0 Å². The van der Waals surface area contributed by atoms with Gasteiger partial charge in [-0.25, -0.2) is 33.1 Å². The number of benzene rings is 2. The molecule has 5 aromatic rings. The molecule has 0 saturated heterocycles. The molecule has 5 rings (SSSR count). The lowest BCUT2D eigenvalue weighted by atomic mass is 10.2. The van der Waals surface area contributed by atoms with Crippen molar-refractivity contribution in [2.24, 2.45) is 0 Å². The van der Waals surface area contributed by atoms with Gasteiger partial charge in [0.15, 0.2) is 23.1 Å². The molecule has 0 aliphatic carbocycles. The third kappa shape index (κ3) is 3.14. The maximum Gasteiger partial charge on any atom is 0.269 e. The first-order valence-corrected chi connectivity index (χ1v) is 9.51. The lowest BCUT2D eigenvalue weighted by molar-refractivity contribution is 0.507. The van der Waals surface area contributed by atoms with E-state index in [1.807, 2.05) is 0 Å². The molecular weight excluding hydrogens is 423 g/mol. The second-order valence-corrected chi connectivity index (χ2v) is 7.03. The summed E-state index contributed by atoms with van der Waals surface area (Å²) in [6.07, 6.45) is 2.80. The van der Waals surface area contributed by atoms with E-state index in [2.05, 4.69) is 30.2 Å². The molecule has 2 aromatic carbocycles. The maximum absolute atomic E-state index is 14.5. The fraction of sp³-hybridized carbons (Fsp3) is 0.0952. The average molecular weight is 437 g/mol. The van der Waals surface area contributed by atoms with Crippen LogP contribution in [0.5, 0.6) is 0 Å². The summed E-state index contributed by atoms with van der Waals surface area (Å²) < 4.78 is 43.0. The van der Waals surface area contributed by atoms with Gasteiger partial charge in [-0.3, -0.25) is 9.36 Å². The molecule has 3 heterocycles. The molecule has 0 fully saturated rings. The Hall–Kier alpha value is -4.28. The Kier molecular flexibility index (Phi) is 4.58. The lowest BCUT2D eigenvalue weighted by Gasteiger charge is -2.20. The zero-order valence-corrected chi connectivity index (χ0v) is 16.5. The Bertz CT molecular complexity index is 1550. The van der Waals surface area contributed by atoms with Crippen LogP contribution in [0, 0.1) is 17.5 Å². The van der Waals surface area contributed by atoms with Crippen LogP contribution in [-0.4, -0.2) is 29.5 Å². The highest BCUT2D eigenvalue weighted by molar-refractivity contribution is 5.82. The number of nitrogens with one attached hydrogen (secondary N) is 2. The third-order valence-electron chi connectivity index (χ3n) is 4.99. The van der Waals surface area contributed by atoms with Gasteiger partial charge in [0.25, 0.3) is 5.56 Å². The summed E-state index contributed by atoms with van der Waals surface area (Å²) in [6.45, 7) is 1.70. The number of halogens is 3. The summed E-state index contributed by atoms with van der Waals surface area (Å²) in [4.78, 5) is 33.0. The zero-order valence-electron chi connectivity index (χ0n) is 16.5. The van der Waals surface area contributed by atoms with E-state index in [1.165, 1.54) is 30.9 Å². The van der Waals surface area contributed by atoms with Crippen molar-refractivity contribution in [3.05, 3.63) is 82.7 Å². The second kappa shape index (κ2) is 7.45. The quantitative estimate of drug-likeness (QED) is 0.445. The first-order valence-electron chi connectivity index (χ1n) is 9.51. The molecule has 11 heteroatoms. The van der Waals surface area contributed by atoms with E-state index in [4.69, 9.17) is 0 Å². The van der Waals surface area contributed by atoms with Gasteiger partial charge in [0, 0.05) is 6.07 Å². The lowest BCUT2D eigenvalue weighted by Crippen LogP contribution is -2.28.